The van der Waals surface area contributed by atoms with Crippen molar-refractivity contribution < 1.29 is 18.4 Å². The number of hydrogen-bond acceptors (Lipinski definition) is 7. The van der Waals surface area contributed by atoms with Gasteiger partial charge in [0, 0.05) is 16.9 Å². The molecular weight excluding hydrogens is 352 g/mol. The maximum atomic E-state index is 11.6. The molecule has 0 saturated heterocycles. The van der Waals surface area contributed by atoms with Crippen molar-refractivity contribution in [3.05, 3.63) is 53.5 Å². The van der Waals surface area contributed by atoms with Crippen LogP contribution in [0.5, 0.6) is 0 Å². The van der Waals surface area contributed by atoms with E-state index in [1.165, 1.54) is 30.7 Å². The number of hydrogen-bond donors (Lipinski definition) is 0. The van der Waals surface area contributed by atoms with Crippen LogP contribution in [-0.2, 0) is 15.9 Å². The first-order valence-corrected chi connectivity index (χ1v) is 9.09. The molecule has 0 saturated carbocycles. The van der Waals surface area contributed by atoms with Crippen LogP contribution in [-0.4, -0.2) is 23.3 Å². The third-order valence-corrected chi connectivity index (χ3v) is 4.74. The fourth-order valence-electron chi connectivity index (χ4n) is 2.36. The van der Waals surface area contributed by atoms with Gasteiger partial charge in [0.1, 0.15) is 0 Å². The maximum Gasteiger partial charge on any atom is 0.374 e. The summed E-state index contributed by atoms with van der Waals surface area (Å²) in [5, 5.41) is 8.58. The highest BCUT2D eigenvalue weighted by molar-refractivity contribution is 7.98. The summed E-state index contributed by atoms with van der Waals surface area (Å²) in [5.74, 6) is 0.618. The Labute approximate surface area is 155 Å². The molecule has 0 radical (unpaired) electrons. The Hall–Kier alpha value is -2.54. The molecular formula is C19H20N2O4S. The van der Waals surface area contributed by atoms with E-state index in [1.54, 1.807) is 6.07 Å². The molecule has 0 bridgehead atoms. The monoisotopic (exact) mass is 372 g/mol. The fraction of sp³-hybridized carbons (Fsp3) is 0.316. The molecule has 7 heteroatoms. The Kier molecular flexibility index (Phi) is 5.18. The molecule has 0 N–H and O–H groups in total. The van der Waals surface area contributed by atoms with Crippen molar-refractivity contribution in [3.63, 3.8) is 0 Å². The molecule has 0 amide bonds. The van der Waals surface area contributed by atoms with Gasteiger partial charge in [-0.3, -0.25) is 0 Å². The molecule has 0 unspecified atom stereocenters. The second-order valence-electron chi connectivity index (χ2n) is 6.76. The minimum absolute atomic E-state index is 0.0936. The van der Waals surface area contributed by atoms with Crippen LogP contribution in [0, 0.1) is 0 Å². The number of esters is 1. The maximum absolute atomic E-state index is 11.6. The van der Waals surface area contributed by atoms with Gasteiger partial charge in [-0.1, -0.05) is 44.7 Å². The van der Waals surface area contributed by atoms with Gasteiger partial charge in [0.05, 0.1) is 13.4 Å². The van der Waals surface area contributed by atoms with Crippen LogP contribution in [0.4, 0.5) is 0 Å². The van der Waals surface area contributed by atoms with E-state index in [-0.39, 0.29) is 11.2 Å². The van der Waals surface area contributed by atoms with Gasteiger partial charge in [-0.15, -0.1) is 10.2 Å². The predicted octanol–water partition coefficient (Wildman–Crippen LogP) is 4.71. The molecule has 1 aromatic carbocycles. The van der Waals surface area contributed by atoms with Crippen LogP contribution in [0.25, 0.3) is 11.5 Å². The van der Waals surface area contributed by atoms with E-state index in [0.29, 0.717) is 16.9 Å². The first-order chi connectivity index (χ1) is 12.4. The Balaban J connectivity index is 1.69. The zero-order valence-electron chi connectivity index (χ0n) is 15.1. The second kappa shape index (κ2) is 7.37. The number of rotatable bonds is 5. The smallest absolute Gasteiger partial charge is 0.374 e. The molecule has 0 aliphatic heterocycles. The number of furan rings is 1. The summed E-state index contributed by atoms with van der Waals surface area (Å²) in [6, 6.07) is 9.82. The molecule has 0 atom stereocenters. The molecule has 2 aromatic heterocycles. The molecule has 3 rings (SSSR count). The lowest BCUT2D eigenvalue weighted by Crippen LogP contribution is -2.10. The lowest BCUT2D eigenvalue weighted by atomic mass is 9.87. The highest BCUT2D eigenvalue weighted by atomic mass is 32.2. The highest BCUT2D eigenvalue weighted by Crippen LogP contribution is 2.29. The molecule has 26 heavy (non-hydrogen) atoms. The normalized spacial score (nSPS) is 11.5. The van der Waals surface area contributed by atoms with Gasteiger partial charge in [-0.25, -0.2) is 4.79 Å². The Bertz CT molecular complexity index is 891. The molecule has 3 aromatic rings. The minimum Gasteiger partial charge on any atom is -0.463 e. The Morgan fingerprint density at radius 1 is 1.15 bits per heavy atom. The molecule has 6 nitrogen and oxygen atoms in total. The van der Waals surface area contributed by atoms with Crippen molar-refractivity contribution in [2.45, 2.75) is 37.2 Å². The van der Waals surface area contributed by atoms with E-state index in [9.17, 15) is 4.79 Å². The lowest BCUT2D eigenvalue weighted by molar-refractivity contribution is 0.0564. The third kappa shape index (κ3) is 3.99. The average Bonchev–Trinajstić information content (AvgIpc) is 3.28. The van der Waals surface area contributed by atoms with E-state index in [2.05, 4.69) is 47.8 Å². The van der Waals surface area contributed by atoms with Crippen LogP contribution in [0.3, 0.4) is 0 Å². The van der Waals surface area contributed by atoms with Crippen molar-refractivity contribution >= 4 is 17.7 Å². The quantitative estimate of drug-likeness (QED) is 0.474. The summed E-state index contributed by atoms with van der Waals surface area (Å²) in [6.07, 6.45) is 1.46. The number of carbonyl (C=O) groups is 1. The number of benzene rings is 1. The summed E-state index contributed by atoms with van der Waals surface area (Å²) in [4.78, 5) is 11.6. The zero-order chi connectivity index (χ0) is 18.7. The van der Waals surface area contributed by atoms with Gasteiger partial charge >= 0.3 is 5.97 Å². The summed E-state index contributed by atoms with van der Waals surface area (Å²) in [5.41, 5.74) is 2.92. The summed E-state index contributed by atoms with van der Waals surface area (Å²) < 4.78 is 15.6. The van der Waals surface area contributed by atoms with Crippen molar-refractivity contribution in [2.24, 2.45) is 0 Å². The highest BCUT2D eigenvalue weighted by Gasteiger charge is 2.18. The summed E-state index contributed by atoms with van der Waals surface area (Å²) in [7, 11) is 1.32. The van der Waals surface area contributed by atoms with Crippen LogP contribution >= 0.6 is 11.8 Å². The molecule has 0 aliphatic carbocycles. The van der Waals surface area contributed by atoms with E-state index in [4.69, 9.17) is 8.83 Å². The van der Waals surface area contributed by atoms with Crippen molar-refractivity contribution in [1.82, 2.24) is 10.2 Å². The largest absolute Gasteiger partial charge is 0.463 e. The Morgan fingerprint density at radius 3 is 2.54 bits per heavy atom. The first-order valence-electron chi connectivity index (χ1n) is 8.10. The zero-order valence-corrected chi connectivity index (χ0v) is 15.9. The SMILES string of the molecule is COC(=O)c1occc1CSc1nnc(-c2ccc(C(C)(C)C)cc2)o1. The van der Waals surface area contributed by atoms with Gasteiger partial charge in [-0.2, -0.15) is 0 Å². The molecule has 2 heterocycles. The van der Waals surface area contributed by atoms with Gasteiger partial charge < -0.3 is 13.6 Å². The molecule has 0 spiro atoms. The third-order valence-electron chi connectivity index (χ3n) is 3.87. The van der Waals surface area contributed by atoms with Crippen LogP contribution in [0.2, 0.25) is 0 Å². The predicted molar refractivity (Wildman–Crippen MR) is 98.0 cm³/mol. The van der Waals surface area contributed by atoms with Gasteiger partial charge in [0.15, 0.2) is 0 Å². The summed E-state index contributed by atoms with van der Waals surface area (Å²) >= 11 is 1.34. The van der Waals surface area contributed by atoms with Crippen molar-refractivity contribution in [1.29, 1.82) is 0 Å². The van der Waals surface area contributed by atoms with Crippen LogP contribution < -0.4 is 0 Å². The number of aromatic nitrogens is 2. The number of methoxy groups -OCH3 is 1. The molecule has 0 fully saturated rings. The minimum atomic E-state index is -0.504. The fourth-order valence-corrected chi connectivity index (χ4v) is 3.10. The average molecular weight is 372 g/mol. The second-order valence-corrected chi connectivity index (χ2v) is 7.68. The molecule has 136 valence electrons. The standard InChI is InChI=1S/C19H20N2O4S/c1-19(2,3)14-7-5-12(6-8-14)16-20-21-18(25-16)26-11-13-9-10-24-15(13)17(22)23-4/h5-10H,11H2,1-4H3. The van der Waals surface area contributed by atoms with E-state index < -0.39 is 5.97 Å². The van der Waals surface area contributed by atoms with E-state index >= 15 is 0 Å². The molecule has 0 aliphatic rings. The number of nitrogens with zero attached hydrogens (tertiary/aromatic N) is 2. The topological polar surface area (TPSA) is 78.4 Å². The van der Waals surface area contributed by atoms with Crippen molar-refractivity contribution in [3.8, 4) is 11.5 Å². The van der Waals surface area contributed by atoms with Crippen LogP contribution in [0.1, 0.15) is 42.5 Å². The number of ether oxygens (including phenoxy) is 1. The first kappa shape index (κ1) is 18.3. The number of thioether (sulfide) groups is 1. The number of carbonyl (C=O) groups excluding carboxylic acids is 1. The Morgan fingerprint density at radius 2 is 1.88 bits per heavy atom. The van der Waals surface area contributed by atoms with E-state index in [0.717, 1.165) is 11.1 Å². The van der Waals surface area contributed by atoms with E-state index in [1.807, 2.05) is 12.1 Å². The van der Waals surface area contributed by atoms with Gasteiger partial charge in [-0.05, 0) is 29.2 Å². The van der Waals surface area contributed by atoms with Gasteiger partial charge in [0.2, 0.25) is 11.7 Å². The van der Waals surface area contributed by atoms with Gasteiger partial charge in [0.25, 0.3) is 5.22 Å². The van der Waals surface area contributed by atoms with Crippen molar-refractivity contribution in [2.75, 3.05) is 7.11 Å². The lowest BCUT2D eigenvalue weighted by Gasteiger charge is -2.18. The summed E-state index contributed by atoms with van der Waals surface area (Å²) in [6.45, 7) is 6.51. The van der Waals surface area contributed by atoms with Crippen LogP contribution in [0.15, 0.2) is 50.7 Å².